The Morgan fingerprint density at radius 2 is 2.31 bits per heavy atom. The van der Waals surface area contributed by atoms with Gasteiger partial charge in [0.05, 0.1) is 12.7 Å². The summed E-state index contributed by atoms with van der Waals surface area (Å²) in [6.45, 7) is 1.04. The molecule has 1 aliphatic heterocycles. The summed E-state index contributed by atoms with van der Waals surface area (Å²) in [7, 11) is 0. The Kier molecular flexibility index (Phi) is 3.79. The molecule has 2 nitrogen and oxygen atoms in total. The molecule has 0 aliphatic carbocycles. The van der Waals surface area contributed by atoms with Gasteiger partial charge in [0.25, 0.3) is 0 Å². The first kappa shape index (κ1) is 11.8. The maximum absolute atomic E-state index is 13.5. The lowest BCUT2D eigenvalue weighted by molar-refractivity contribution is -0.0352. The lowest BCUT2D eigenvalue weighted by Gasteiger charge is -2.28. The van der Waals surface area contributed by atoms with Crippen LogP contribution in [0, 0.1) is 11.7 Å². The van der Waals surface area contributed by atoms with Gasteiger partial charge in [-0.15, -0.1) is 0 Å². The van der Waals surface area contributed by atoms with Crippen LogP contribution in [0.1, 0.15) is 12.0 Å². The first-order valence-electron chi connectivity index (χ1n) is 5.37. The molecule has 1 fully saturated rings. The third kappa shape index (κ3) is 2.54. The quantitative estimate of drug-likeness (QED) is 0.866. The number of ether oxygens (including phenoxy) is 1. The smallest absolute Gasteiger partial charge is 0.127 e. The van der Waals surface area contributed by atoms with Crippen molar-refractivity contribution in [1.82, 2.24) is 0 Å². The van der Waals surface area contributed by atoms with Gasteiger partial charge in [-0.2, -0.15) is 0 Å². The number of benzene rings is 1. The third-order valence-corrected chi connectivity index (χ3v) is 3.32. The van der Waals surface area contributed by atoms with Crippen LogP contribution < -0.4 is 0 Å². The predicted molar refractivity (Wildman–Crippen MR) is 60.0 cm³/mol. The normalized spacial score (nSPS) is 25.7. The molecule has 0 saturated carbocycles. The topological polar surface area (TPSA) is 29.5 Å². The van der Waals surface area contributed by atoms with E-state index in [1.807, 2.05) is 0 Å². The van der Waals surface area contributed by atoms with E-state index in [9.17, 15) is 9.50 Å². The second-order valence-corrected chi connectivity index (χ2v) is 4.50. The molecule has 0 aromatic heterocycles. The molecule has 16 heavy (non-hydrogen) atoms. The van der Waals surface area contributed by atoms with E-state index in [2.05, 4.69) is 0 Å². The van der Waals surface area contributed by atoms with Gasteiger partial charge in [0.2, 0.25) is 0 Å². The first-order valence-corrected chi connectivity index (χ1v) is 5.75. The van der Waals surface area contributed by atoms with Crippen molar-refractivity contribution in [2.24, 2.45) is 5.92 Å². The molecular formula is C12H14ClFO2. The minimum atomic E-state index is -0.426. The van der Waals surface area contributed by atoms with E-state index in [0.717, 1.165) is 0 Å². The monoisotopic (exact) mass is 244 g/mol. The Morgan fingerprint density at radius 1 is 1.50 bits per heavy atom. The summed E-state index contributed by atoms with van der Waals surface area (Å²) in [6.07, 6.45) is 0.605. The number of aliphatic hydroxyl groups excluding tert-OH is 1. The summed E-state index contributed by atoms with van der Waals surface area (Å²) in [5.41, 5.74) is 0.471. The molecule has 0 unspecified atom stereocenters. The fourth-order valence-electron chi connectivity index (χ4n) is 1.97. The Morgan fingerprint density at radius 3 is 3.00 bits per heavy atom. The molecule has 1 aliphatic rings. The van der Waals surface area contributed by atoms with E-state index in [1.165, 1.54) is 6.07 Å². The molecule has 0 bridgehead atoms. The predicted octanol–water partition coefficient (Wildman–Crippen LogP) is 2.42. The maximum Gasteiger partial charge on any atom is 0.127 e. The minimum Gasteiger partial charge on any atom is -0.393 e. The van der Waals surface area contributed by atoms with Gasteiger partial charge < -0.3 is 9.84 Å². The van der Waals surface area contributed by atoms with Crippen LogP contribution in [-0.4, -0.2) is 24.4 Å². The van der Waals surface area contributed by atoms with Crippen molar-refractivity contribution in [3.63, 3.8) is 0 Å². The van der Waals surface area contributed by atoms with Crippen molar-refractivity contribution >= 4 is 11.6 Å². The van der Waals surface area contributed by atoms with Gasteiger partial charge in [-0.25, -0.2) is 4.39 Å². The van der Waals surface area contributed by atoms with E-state index < -0.39 is 6.10 Å². The van der Waals surface area contributed by atoms with Gasteiger partial charge in [0.1, 0.15) is 5.82 Å². The molecule has 88 valence electrons. The van der Waals surface area contributed by atoms with E-state index in [1.54, 1.807) is 12.1 Å². The van der Waals surface area contributed by atoms with E-state index in [4.69, 9.17) is 16.3 Å². The van der Waals surface area contributed by atoms with Crippen molar-refractivity contribution in [3.05, 3.63) is 34.6 Å². The molecule has 0 spiro atoms. The summed E-state index contributed by atoms with van der Waals surface area (Å²) in [5.74, 6) is -0.381. The Hall–Kier alpha value is -0.640. The largest absolute Gasteiger partial charge is 0.393 e. The highest BCUT2D eigenvalue weighted by molar-refractivity contribution is 6.31. The van der Waals surface area contributed by atoms with E-state index in [-0.39, 0.29) is 11.7 Å². The Labute approximate surface area is 99.0 Å². The van der Waals surface area contributed by atoms with Crippen LogP contribution in [0.3, 0.4) is 0 Å². The van der Waals surface area contributed by atoms with Crippen LogP contribution in [0.5, 0.6) is 0 Å². The number of halogens is 2. The molecule has 1 aromatic rings. The molecule has 2 atom stereocenters. The lowest BCUT2D eigenvalue weighted by atomic mass is 9.91. The number of hydrogen-bond donors (Lipinski definition) is 1. The second kappa shape index (κ2) is 5.13. The van der Waals surface area contributed by atoms with Gasteiger partial charge >= 0.3 is 0 Å². The first-order chi connectivity index (χ1) is 7.68. The average Bonchev–Trinajstić information content (AvgIpc) is 2.26. The van der Waals surface area contributed by atoms with Crippen molar-refractivity contribution in [2.45, 2.75) is 18.9 Å². The highest BCUT2D eigenvalue weighted by Gasteiger charge is 2.25. The summed E-state index contributed by atoms with van der Waals surface area (Å²) >= 11 is 5.93. The van der Waals surface area contributed by atoms with Crippen LogP contribution in [-0.2, 0) is 11.2 Å². The van der Waals surface area contributed by atoms with Gasteiger partial charge in [-0.3, -0.25) is 0 Å². The van der Waals surface area contributed by atoms with Crippen molar-refractivity contribution in [2.75, 3.05) is 13.2 Å². The van der Waals surface area contributed by atoms with E-state index in [0.29, 0.717) is 36.6 Å². The molecular weight excluding hydrogens is 231 g/mol. The molecule has 2 rings (SSSR count). The summed E-state index contributed by atoms with van der Waals surface area (Å²) in [4.78, 5) is 0. The standard InChI is InChI=1S/C12H14ClFO2/c13-10-2-1-3-11(14)9(10)6-8-7-16-5-4-12(8)15/h1-3,8,12,15H,4-7H2/t8-,12-/m1/s1. The highest BCUT2D eigenvalue weighted by atomic mass is 35.5. The SMILES string of the molecule is O[C@@H]1CCOC[C@H]1Cc1c(F)cccc1Cl. The van der Waals surface area contributed by atoms with Crippen molar-refractivity contribution in [3.8, 4) is 0 Å². The minimum absolute atomic E-state index is 0.0665. The van der Waals surface area contributed by atoms with Gasteiger partial charge in [0.15, 0.2) is 0 Å². The van der Waals surface area contributed by atoms with Crippen LogP contribution >= 0.6 is 11.6 Å². The van der Waals surface area contributed by atoms with Gasteiger partial charge in [-0.1, -0.05) is 17.7 Å². The molecule has 0 amide bonds. The summed E-state index contributed by atoms with van der Waals surface area (Å²) < 4.78 is 18.8. The van der Waals surface area contributed by atoms with E-state index >= 15 is 0 Å². The number of aliphatic hydroxyl groups is 1. The molecule has 4 heteroatoms. The fraction of sp³-hybridized carbons (Fsp3) is 0.500. The van der Waals surface area contributed by atoms with Crippen LogP contribution in [0.25, 0.3) is 0 Å². The zero-order valence-corrected chi connectivity index (χ0v) is 9.58. The summed E-state index contributed by atoms with van der Waals surface area (Å²) in [6, 6.07) is 4.63. The molecule has 1 N–H and O–H groups in total. The molecule has 1 aromatic carbocycles. The van der Waals surface area contributed by atoms with Crippen LogP contribution in [0.4, 0.5) is 4.39 Å². The number of hydrogen-bond acceptors (Lipinski definition) is 2. The molecule has 1 saturated heterocycles. The zero-order valence-electron chi connectivity index (χ0n) is 8.83. The molecule has 0 radical (unpaired) electrons. The fourth-order valence-corrected chi connectivity index (χ4v) is 2.21. The Bertz CT molecular complexity index is 350. The lowest BCUT2D eigenvalue weighted by Crippen LogP contribution is -2.33. The van der Waals surface area contributed by atoms with Gasteiger partial charge in [0, 0.05) is 23.1 Å². The van der Waals surface area contributed by atoms with Crippen LogP contribution in [0.2, 0.25) is 5.02 Å². The van der Waals surface area contributed by atoms with Crippen LogP contribution in [0.15, 0.2) is 18.2 Å². The highest BCUT2D eigenvalue weighted by Crippen LogP contribution is 2.26. The zero-order chi connectivity index (χ0) is 11.5. The number of rotatable bonds is 2. The van der Waals surface area contributed by atoms with Gasteiger partial charge in [-0.05, 0) is 25.0 Å². The maximum atomic E-state index is 13.5. The average molecular weight is 245 g/mol. The third-order valence-electron chi connectivity index (χ3n) is 2.96. The second-order valence-electron chi connectivity index (χ2n) is 4.10. The molecule has 1 heterocycles. The van der Waals surface area contributed by atoms with Crippen molar-refractivity contribution < 1.29 is 14.2 Å². The van der Waals surface area contributed by atoms with Crippen molar-refractivity contribution in [1.29, 1.82) is 0 Å². The Balaban J connectivity index is 2.13. The summed E-state index contributed by atoms with van der Waals surface area (Å²) in [5, 5.41) is 10.2.